The molecule has 1 atom stereocenters. The Morgan fingerprint density at radius 3 is 2.57 bits per heavy atom. The van der Waals surface area contributed by atoms with Crippen LogP contribution in [0.2, 0.25) is 0 Å². The number of benzene rings is 2. The van der Waals surface area contributed by atoms with E-state index in [0.29, 0.717) is 11.5 Å². The number of hydrogen-bond acceptors (Lipinski definition) is 4. The van der Waals surface area contributed by atoms with Crippen molar-refractivity contribution in [2.75, 3.05) is 0 Å². The van der Waals surface area contributed by atoms with Gasteiger partial charge in [0.2, 0.25) is 0 Å². The summed E-state index contributed by atoms with van der Waals surface area (Å²) in [5, 5.41) is -0.199. The third-order valence-corrected chi connectivity index (χ3v) is 6.67. The Morgan fingerprint density at radius 1 is 1.21 bits per heavy atom. The zero-order valence-electron chi connectivity index (χ0n) is 15.4. The number of thioether (sulfide) groups is 1. The van der Waals surface area contributed by atoms with Gasteiger partial charge in [-0.2, -0.15) is 0 Å². The number of amides is 2. The van der Waals surface area contributed by atoms with E-state index in [1.165, 1.54) is 4.90 Å². The molecular weight excluding hydrogens is 553 g/mol. The molecule has 0 radical (unpaired) electrons. The van der Waals surface area contributed by atoms with Crippen LogP contribution in [0.5, 0.6) is 5.75 Å². The topological polar surface area (TPSA) is 46.6 Å². The minimum atomic E-state index is -0.213. The molecule has 2 aromatic rings. The normalized spacial score (nSPS) is 16.7. The summed E-state index contributed by atoms with van der Waals surface area (Å²) in [5.41, 5.74) is 1.96. The Bertz CT molecular complexity index is 930. The second kappa shape index (κ2) is 9.45. The van der Waals surface area contributed by atoms with Gasteiger partial charge in [0, 0.05) is 10.5 Å². The predicted octanol–water partition coefficient (Wildman–Crippen LogP) is 6.47. The second-order valence-corrected chi connectivity index (χ2v) is 9.49. The Balaban J connectivity index is 1.72. The first-order valence-electron chi connectivity index (χ1n) is 8.83. The molecule has 1 saturated heterocycles. The summed E-state index contributed by atoms with van der Waals surface area (Å²) in [5.74, 6) is 0.573. The Morgan fingerprint density at radius 2 is 1.93 bits per heavy atom. The van der Waals surface area contributed by atoms with Gasteiger partial charge in [-0.25, -0.2) is 0 Å². The van der Waals surface area contributed by atoms with Gasteiger partial charge in [-0.3, -0.25) is 14.5 Å². The van der Waals surface area contributed by atoms with Gasteiger partial charge in [0.1, 0.15) is 12.4 Å². The standard InChI is InChI=1S/C21H19BrINO3S/c1-3-13(2)24-20(25)19(28-21(24)26)11-15-6-9-18(17(23)10-15)27-12-14-4-7-16(22)8-5-14/h4-11,13H,3,12H2,1-2H3/b19-11+/t13-/m1/s1. The molecule has 0 unspecified atom stereocenters. The van der Waals surface area contributed by atoms with E-state index in [1.807, 2.05) is 56.3 Å². The van der Waals surface area contributed by atoms with Gasteiger partial charge in [0.25, 0.3) is 11.1 Å². The van der Waals surface area contributed by atoms with Crippen molar-refractivity contribution in [1.29, 1.82) is 0 Å². The van der Waals surface area contributed by atoms with E-state index in [-0.39, 0.29) is 17.2 Å². The highest BCUT2D eigenvalue weighted by Gasteiger charge is 2.37. The maximum Gasteiger partial charge on any atom is 0.293 e. The number of carbonyl (C=O) groups excluding carboxylic acids is 2. The van der Waals surface area contributed by atoms with E-state index in [4.69, 9.17) is 4.74 Å². The van der Waals surface area contributed by atoms with Crippen LogP contribution in [0.1, 0.15) is 31.4 Å². The number of hydrogen-bond donors (Lipinski definition) is 0. The molecule has 2 amide bonds. The highest BCUT2D eigenvalue weighted by molar-refractivity contribution is 14.1. The molecule has 146 valence electrons. The van der Waals surface area contributed by atoms with Crippen molar-refractivity contribution < 1.29 is 14.3 Å². The zero-order valence-corrected chi connectivity index (χ0v) is 20.0. The number of ether oxygens (including phenoxy) is 1. The molecule has 1 aliphatic rings. The molecule has 7 heteroatoms. The highest BCUT2D eigenvalue weighted by atomic mass is 127. The average Bonchev–Trinajstić information content (AvgIpc) is 2.95. The predicted molar refractivity (Wildman–Crippen MR) is 125 cm³/mol. The van der Waals surface area contributed by atoms with E-state index in [9.17, 15) is 9.59 Å². The Hall–Kier alpha value is -1.32. The van der Waals surface area contributed by atoms with Crippen molar-refractivity contribution in [2.24, 2.45) is 0 Å². The molecule has 0 spiro atoms. The van der Waals surface area contributed by atoms with Crippen LogP contribution in [0.4, 0.5) is 4.79 Å². The summed E-state index contributed by atoms with van der Waals surface area (Å²) in [6.45, 7) is 4.34. The van der Waals surface area contributed by atoms with Gasteiger partial charge in [-0.15, -0.1) is 0 Å². The summed E-state index contributed by atoms with van der Waals surface area (Å²) in [6, 6.07) is 13.7. The molecule has 1 aliphatic heterocycles. The van der Waals surface area contributed by atoms with E-state index in [2.05, 4.69) is 38.5 Å². The monoisotopic (exact) mass is 571 g/mol. The van der Waals surface area contributed by atoms with Crippen LogP contribution < -0.4 is 4.74 Å². The summed E-state index contributed by atoms with van der Waals surface area (Å²) < 4.78 is 7.89. The quantitative estimate of drug-likeness (QED) is 0.294. The molecule has 0 bridgehead atoms. The minimum Gasteiger partial charge on any atom is -0.488 e. The number of halogens is 2. The van der Waals surface area contributed by atoms with Gasteiger partial charge in [0.05, 0.1) is 8.48 Å². The lowest BCUT2D eigenvalue weighted by Gasteiger charge is -2.19. The van der Waals surface area contributed by atoms with E-state index in [1.54, 1.807) is 6.08 Å². The lowest BCUT2D eigenvalue weighted by atomic mass is 10.2. The first-order valence-corrected chi connectivity index (χ1v) is 11.5. The van der Waals surface area contributed by atoms with Gasteiger partial charge in [-0.1, -0.05) is 41.1 Å². The Labute approximate surface area is 191 Å². The lowest BCUT2D eigenvalue weighted by Crippen LogP contribution is -2.36. The summed E-state index contributed by atoms with van der Waals surface area (Å²) in [6.07, 6.45) is 2.52. The molecule has 0 saturated carbocycles. The van der Waals surface area contributed by atoms with Gasteiger partial charge >= 0.3 is 0 Å². The van der Waals surface area contributed by atoms with Crippen LogP contribution >= 0.6 is 50.3 Å². The minimum absolute atomic E-state index is 0.0899. The number of carbonyl (C=O) groups is 2. The fraction of sp³-hybridized carbons (Fsp3) is 0.238. The molecule has 0 aromatic heterocycles. The number of imide groups is 1. The maximum absolute atomic E-state index is 12.5. The highest BCUT2D eigenvalue weighted by Crippen LogP contribution is 2.35. The summed E-state index contributed by atoms with van der Waals surface area (Å²) in [7, 11) is 0. The fourth-order valence-corrected chi connectivity index (χ4v) is 4.55. The van der Waals surface area contributed by atoms with Crippen molar-refractivity contribution in [2.45, 2.75) is 32.9 Å². The van der Waals surface area contributed by atoms with Crippen LogP contribution in [0.15, 0.2) is 51.8 Å². The smallest absolute Gasteiger partial charge is 0.293 e. The number of rotatable bonds is 6. The fourth-order valence-electron chi connectivity index (χ4n) is 2.66. The van der Waals surface area contributed by atoms with Crippen molar-refractivity contribution in [3.8, 4) is 5.75 Å². The molecule has 1 fully saturated rings. The van der Waals surface area contributed by atoms with E-state index >= 15 is 0 Å². The van der Waals surface area contributed by atoms with Crippen LogP contribution in [0, 0.1) is 3.57 Å². The van der Waals surface area contributed by atoms with Crippen LogP contribution in [0.25, 0.3) is 6.08 Å². The van der Waals surface area contributed by atoms with Crippen molar-refractivity contribution in [1.82, 2.24) is 4.90 Å². The average molecular weight is 572 g/mol. The second-order valence-electron chi connectivity index (χ2n) is 6.41. The first kappa shape index (κ1) is 21.4. The number of nitrogens with zero attached hydrogens (tertiary/aromatic N) is 1. The first-order chi connectivity index (χ1) is 13.4. The van der Waals surface area contributed by atoms with E-state index in [0.717, 1.165) is 43.1 Å². The van der Waals surface area contributed by atoms with Crippen LogP contribution in [-0.2, 0) is 11.4 Å². The summed E-state index contributed by atoms with van der Waals surface area (Å²) in [4.78, 5) is 26.5. The van der Waals surface area contributed by atoms with E-state index < -0.39 is 0 Å². The largest absolute Gasteiger partial charge is 0.488 e. The van der Waals surface area contributed by atoms with Crippen LogP contribution in [-0.4, -0.2) is 22.1 Å². The molecule has 2 aromatic carbocycles. The van der Waals surface area contributed by atoms with Gasteiger partial charge in [0.15, 0.2) is 0 Å². The maximum atomic E-state index is 12.5. The summed E-state index contributed by atoms with van der Waals surface area (Å²) >= 11 is 6.64. The molecule has 3 rings (SSSR count). The third-order valence-electron chi connectivity index (χ3n) is 4.42. The van der Waals surface area contributed by atoms with Crippen molar-refractivity contribution in [3.63, 3.8) is 0 Å². The molecule has 0 aliphatic carbocycles. The lowest BCUT2D eigenvalue weighted by molar-refractivity contribution is -0.124. The third kappa shape index (κ3) is 4.99. The van der Waals surface area contributed by atoms with Gasteiger partial charge in [-0.05, 0) is 89.2 Å². The molecule has 0 N–H and O–H groups in total. The van der Waals surface area contributed by atoms with Gasteiger partial charge < -0.3 is 4.74 Å². The Kier molecular flexibility index (Phi) is 7.22. The van der Waals surface area contributed by atoms with Crippen molar-refractivity contribution in [3.05, 3.63) is 66.5 Å². The van der Waals surface area contributed by atoms with Crippen molar-refractivity contribution >= 4 is 67.5 Å². The SMILES string of the molecule is CC[C@@H](C)N1C(=O)S/C(=C/c2ccc(OCc3ccc(Br)cc3)c(I)c2)C1=O. The van der Waals surface area contributed by atoms with Crippen LogP contribution in [0.3, 0.4) is 0 Å². The molecule has 28 heavy (non-hydrogen) atoms. The molecule has 1 heterocycles. The zero-order chi connectivity index (χ0) is 20.3. The molecular formula is C21H19BrINO3S. The molecule has 4 nitrogen and oxygen atoms in total.